The van der Waals surface area contributed by atoms with Gasteiger partial charge in [0.25, 0.3) is 0 Å². The van der Waals surface area contributed by atoms with Gasteiger partial charge in [-0.25, -0.2) is 4.79 Å². The first-order valence-electron chi connectivity index (χ1n) is 20.5. The number of aliphatic carboxylic acids is 1. The number of amides is 1. The van der Waals surface area contributed by atoms with E-state index in [0.29, 0.717) is 53.5 Å². The summed E-state index contributed by atoms with van der Waals surface area (Å²) in [6.45, 7) is 7.15. The van der Waals surface area contributed by atoms with Crippen LogP contribution >= 0.6 is 23.2 Å². The molecule has 0 spiro atoms. The van der Waals surface area contributed by atoms with Gasteiger partial charge in [0, 0.05) is 30.4 Å². The summed E-state index contributed by atoms with van der Waals surface area (Å²) in [5.74, 6) is 0.542. The summed E-state index contributed by atoms with van der Waals surface area (Å²) in [5.41, 5.74) is 9.68. The number of aryl methyl sites for hydroxylation is 2. The van der Waals surface area contributed by atoms with Crippen molar-refractivity contribution in [1.82, 2.24) is 15.2 Å². The van der Waals surface area contributed by atoms with Crippen LogP contribution in [0.2, 0.25) is 10.0 Å². The van der Waals surface area contributed by atoms with Crippen LogP contribution in [0.15, 0.2) is 121 Å². The maximum Gasteiger partial charge on any atom is 0.326 e. The molecule has 11 heteroatoms. The number of carboxylic acid groups (broad SMARTS) is 1. The molecular weight excluding hydrogens is 809 g/mol. The Morgan fingerprint density at radius 3 is 2.23 bits per heavy atom. The third-order valence-corrected chi connectivity index (χ3v) is 12.2. The lowest BCUT2D eigenvalue weighted by atomic mass is 9.89. The Bertz CT molecular complexity index is 2510. The van der Waals surface area contributed by atoms with E-state index < -0.39 is 18.1 Å². The van der Waals surface area contributed by atoms with Gasteiger partial charge >= 0.3 is 5.97 Å². The molecule has 0 saturated carbocycles. The molecule has 0 saturated heterocycles. The van der Waals surface area contributed by atoms with Crippen molar-refractivity contribution in [2.75, 3.05) is 6.61 Å². The minimum atomic E-state index is -1.12. The predicted molar refractivity (Wildman–Crippen MR) is 237 cm³/mol. The van der Waals surface area contributed by atoms with Crippen LogP contribution < -0.4 is 19.5 Å². The Balaban J connectivity index is 0.991. The number of ether oxygens (including phenoxy) is 3. The Hall–Kier alpha value is -5.87. The largest absolute Gasteiger partial charge is 0.489 e. The number of nitrogens with one attached hydrogen (secondary N) is 1. The molecule has 0 bridgehead atoms. The Morgan fingerprint density at radius 1 is 0.836 bits per heavy atom. The quantitative estimate of drug-likeness (QED) is 0.118. The van der Waals surface area contributed by atoms with Gasteiger partial charge in [-0.15, -0.1) is 0 Å². The van der Waals surface area contributed by atoms with Gasteiger partial charge in [-0.3, -0.25) is 14.7 Å². The topological polar surface area (TPSA) is 110 Å². The molecule has 0 fully saturated rings. The molecule has 1 unspecified atom stereocenters. The van der Waals surface area contributed by atoms with E-state index in [9.17, 15) is 14.7 Å². The smallest absolute Gasteiger partial charge is 0.326 e. The van der Waals surface area contributed by atoms with Gasteiger partial charge in [0.1, 0.15) is 25.0 Å². The van der Waals surface area contributed by atoms with Crippen LogP contribution in [0.25, 0.3) is 11.1 Å². The number of halogens is 2. The molecule has 4 atom stereocenters. The summed E-state index contributed by atoms with van der Waals surface area (Å²) in [6, 6.07) is 37.4. The van der Waals surface area contributed by atoms with Crippen molar-refractivity contribution >= 4 is 35.1 Å². The number of carboxylic acids is 1. The highest BCUT2D eigenvalue weighted by Crippen LogP contribution is 2.43. The van der Waals surface area contributed by atoms with Crippen molar-refractivity contribution in [3.8, 4) is 28.4 Å². The first kappa shape index (κ1) is 41.8. The maximum absolute atomic E-state index is 14.4. The average Bonchev–Trinajstić information content (AvgIpc) is 3.26. The average molecular weight is 857 g/mol. The molecule has 2 aliphatic rings. The van der Waals surface area contributed by atoms with E-state index in [-0.39, 0.29) is 24.5 Å². The summed E-state index contributed by atoms with van der Waals surface area (Å²) in [4.78, 5) is 33.8. The van der Waals surface area contributed by atoms with Crippen molar-refractivity contribution < 1.29 is 28.9 Å². The number of hydrogen-bond donors (Lipinski definition) is 2. The van der Waals surface area contributed by atoms with Crippen LogP contribution in [0.1, 0.15) is 70.3 Å². The van der Waals surface area contributed by atoms with Crippen LogP contribution in [-0.2, 0) is 35.6 Å². The van der Waals surface area contributed by atoms with Gasteiger partial charge in [-0.2, -0.15) is 0 Å². The van der Waals surface area contributed by atoms with E-state index in [2.05, 4.69) is 34.3 Å². The zero-order chi connectivity index (χ0) is 42.6. The van der Waals surface area contributed by atoms with Crippen molar-refractivity contribution in [3.05, 3.63) is 176 Å². The van der Waals surface area contributed by atoms with E-state index in [1.54, 1.807) is 12.1 Å². The zero-order valence-corrected chi connectivity index (χ0v) is 35.7. The summed E-state index contributed by atoms with van der Waals surface area (Å²) < 4.78 is 18.9. The van der Waals surface area contributed by atoms with Crippen molar-refractivity contribution in [1.29, 1.82) is 0 Å². The van der Waals surface area contributed by atoms with Crippen LogP contribution in [0.4, 0.5) is 0 Å². The molecular formula is C50H47Cl2N3O6. The molecule has 5 aromatic carbocycles. The number of nitrogens with zero attached hydrogens (tertiary/aromatic N) is 2. The van der Waals surface area contributed by atoms with Crippen LogP contribution in [0, 0.1) is 13.8 Å². The molecule has 9 nitrogen and oxygen atoms in total. The third kappa shape index (κ3) is 9.70. The lowest BCUT2D eigenvalue weighted by molar-refractivity contribution is -0.143. The summed E-state index contributed by atoms with van der Waals surface area (Å²) >= 11 is 12.2. The Labute approximate surface area is 366 Å². The van der Waals surface area contributed by atoms with Crippen LogP contribution in [0.3, 0.4) is 0 Å². The molecule has 1 aromatic heterocycles. The second-order valence-electron chi connectivity index (χ2n) is 15.8. The highest BCUT2D eigenvalue weighted by Gasteiger charge is 2.39. The number of fused-ring (bicyclic) bond motifs is 2. The van der Waals surface area contributed by atoms with E-state index >= 15 is 0 Å². The number of pyridine rings is 1. The number of benzene rings is 5. The minimum absolute atomic E-state index is 0.0975. The van der Waals surface area contributed by atoms with E-state index in [0.717, 1.165) is 62.3 Å². The molecule has 312 valence electrons. The van der Waals surface area contributed by atoms with Crippen molar-refractivity contribution in [2.45, 2.75) is 77.4 Å². The fraction of sp³-hybridized carbons (Fsp3) is 0.260. The fourth-order valence-corrected chi connectivity index (χ4v) is 8.68. The fourth-order valence-electron chi connectivity index (χ4n) is 8.36. The van der Waals surface area contributed by atoms with Gasteiger partial charge in [0.2, 0.25) is 5.91 Å². The Morgan fingerprint density at radius 2 is 1.54 bits per heavy atom. The molecule has 3 heterocycles. The van der Waals surface area contributed by atoms with Gasteiger partial charge < -0.3 is 24.6 Å². The first-order valence-corrected chi connectivity index (χ1v) is 21.3. The number of rotatable bonds is 13. The van der Waals surface area contributed by atoms with Gasteiger partial charge in [-0.1, -0.05) is 103 Å². The van der Waals surface area contributed by atoms with Gasteiger partial charge in [-0.05, 0) is 120 Å². The zero-order valence-electron chi connectivity index (χ0n) is 34.2. The monoisotopic (exact) mass is 855 g/mol. The molecule has 61 heavy (non-hydrogen) atoms. The predicted octanol–water partition coefficient (Wildman–Crippen LogP) is 10.5. The maximum atomic E-state index is 14.4. The highest BCUT2D eigenvalue weighted by molar-refractivity contribution is 6.42. The minimum Gasteiger partial charge on any atom is -0.489 e. The summed E-state index contributed by atoms with van der Waals surface area (Å²) in [5, 5.41) is 14.3. The van der Waals surface area contributed by atoms with E-state index in [1.165, 1.54) is 0 Å². The van der Waals surface area contributed by atoms with E-state index in [1.807, 2.05) is 111 Å². The summed E-state index contributed by atoms with van der Waals surface area (Å²) in [7, 11) is 0. The lowest BCUT2D eigenvalue weighted by Gasteiger charge is -2.42. The van der Waals surface area contributed by atoms with Gasteiger partial charge in [0.05, 0.1) is 16.1 Å². The molecule has 2 N–H and O–H groups in total. The van der Waals surface area contributed by atoms with Crippen LogP contribution in [0.5, 0.6) is 17.2 Å². The number of hydrogen-bond acceptors (Lipinski definition) is 7. The third-order valence-electron chi connectivity index (χ3n) is 11.4. The second kappa shape index (κ2) is 18.4. The second-order valence-corrected chi connectivity index (χ2v) is 16.6. The molecule has 2 aliphatic heterocycles. The first-order chi connectivity index (χ1) is 29.5. The Kier molecular flexibility index (Phi) is 12.6. The molecule has 0 aliphatic carbocycles. The highest BCUT2D eigenvalue weighted by atomic mass is 35.5. The number of carbonyl (C=O) groups excluding carboxylic acids is 1. The van der Waals surface area contributed by atoms with Crippen molar-refractivity contribution in [2.24, 2.45) is 0 Å². The standard InChI is InChI=1S/C50H47Cl2N3O6/c1-4-44(35-8-6-5-7-9-35)55-27-39-26-47-46(60-29-48(61-47)36-15-17-40(18-16-36)59-28-33-12-19-41(51)42(52)22-33)25-38(39)24-45(55)49(56)54-43(50(57)58)23-32-10-13-34(14-11-32)37-20-30(2)53-31(3)21-37/h5-22,25-26,43-45,48H,4,23-24,27-29H2,1-3H3,(H,54,56)(H,57,58)/t43?,44-,45-,48+/m0/s1. The molecule has 6 aromatic rings. The lowest BCUT2D eigenvalue weighted by Crippen LogP contribution is -2.55. The van der Waals surface area contributed by atoms with Gasteiger partial charge in [0.15, 0.2) is 17.6 Å². The van der Waals surface area contributed by atoms with E-state index in [4.69, 9.17) is 37.4 Å². The molecule has 1 amide bonds. The summed E-state index contributed by atoms with van der Waals surface area (Å²) in [6.07, 6.45) is 0.922. The molecule has 8 rings (SSSR count). The normalized spacial score (nSPS) is 16.9. The van der Waals surface area contributed by atoms with Crippen LogP contribution in [-0.4, -0.2) is 45.6 Å². The number of aromatic nitrogens is 1. The number of carbonyl (C=O) groups is 2. The SMILES string of the molecule is CC[C@@H](c1ccccc1)N1Cc2cc3c(cc2C[C@H]1C(=O)NC(Cc1ccc(-c2cc(C)nc(C)c2)cc1)C(=O)O)OC[C@H](c1ccc(OCc2ccc(Cl)c(Cl)c2)cc1)O3. The molecule has 0 radical (unpaired) electrons. The van der Waals surface area contributed by atoms with Crippen molar-refractivity contribution in [3.63, 3.8) is 0 Å².